The molecule has 3 heteroatoms. The summed E-state index contributed by atoms with van der Waals surface area (Å²) >= 11 is 1.90. The maximum Gasteiger partial charge on any atom is 0.113 e. The molecule has 0 N–H and O–H groups in total. The Morgan fingerprint density at radius 1 is 1.10 bits per heavy atom. The minimum Gasteiger partial charge on any atom is -0.359 e. The Labute approximate surface area is 131 Å². The summed E-state index contributed by atoms with van der Waals surface area (Å²) in [6, 6.07) is 4.49. The van der Waals surface area contributed by atoms with Crippen LogP contribution < -0.4 is 0 Å². The zero-order chi connectivity index (χ0) is 14.1. The van der Waals surface area contributed by atoms with Gasteiger partial charge >= 0.3 is 0 Å². The van der Waals surface area contributed by atoms with E-state index in [-0.39, 0.29) is 0 Å². The van der Waals surface area contributed by atoms with Crippen LogP contribution in [0.15, 0.2) is 34.3 Å². The highest BCUT2D eigenvalue weighted by atomic mass is 32.1. The molecule has 0 aromatic carbocycles. The average Bonchev–Trinajstić information content (AvgIpc) is 3.01. The van der Waals surface area contributed by atoms with Crippen molar-refractivity contribution >= 4 is 17.2 Å². The molecule has 0 bridgehead atoms. The van der Waals surface area contributed by atoms with Gasteiger partial charge < -0.3 is 4.90 Å². The van der Waals surface area contributed by atoms with Crippen LogP contribution in [0.2, 0.25) is 0 Å². The van der Waals surface area contributed by atoms with Gasteiger partial charge in [-0.3, -0.25) is 0 Å². The zero-order valence-electron chi connectivity index (χ0n) is 12.6. The number of allylic oxidation sites excluding steroid dienone is 1. The third kappa shape index (κ3) is 2.68. The van der Waals surface area contributed by atoms with E-state index in [4.69, 9.17) is 4.99 Å². The van der Waals surface area contributed by atoms with Crippen LogP contribution in [0.25, 0.3) is 0 Å². The molecule has 1 unspecified atom stereocenters. The van der Waals surface area contributed by atoms with Gasteiger partial charge in [-0.2, -0.15) is 0 Å². The Hall–Kier alpha value is -1.09. The average molecular weight is 300 g/mol. The van der Waals surface area contributed by atoms with Crippen LogP contribution in [0.4, 0.5) is 0 Å². The predicted octanol–water partition coefficient (Wildman–Crippen LogP) is 4.80. The molecule has 3 heterocycles. The first-order chi connectivity index (χ1) is 10.4. The van der Waals surface area contributed by atoms with E-state index in [1.54, 1.807) is 5.57 Å². The van der Waals surface area contributed by atoms with Gasteiger partial charge in [-0.05, 0) is 48.6 Å². The first-order valence-corrected chi connectivity index (χ1v) is 9.35. The van der Waals surface area contributed by atoms with Gasteiger partial charge in [-0.15, -0.1) is 11.3 Å². The van der Waals surface area contributed by atoms with Gasteiger partial charge in [0.15, 0.2) is 0 Å². The molecule has 1 aromatic rings. The van der Waals surface area contributed by atoms with Gasteiger partial charge in [0.2, 0.25) is 0 Å². The van der Waals surface area contributed by atoms with Crippen molar-refractivity contribution in [2.45, 2.75) is 50.9 Å². The first kappa shape index (κ1) is 13.6. The minimum atomic E-state index is 0.521. The minimum absolute atomic E-state index is 0.521. The quantitative estimate of drug-likeness (QED) is 0.765. The fraction of sp³-hybridized carbons (Fsp3) is 0.611. The van der Waals surface area contributed by atoms with E-state index in [1.165, 1.54) is 68.7 Å². The van der Waals surface area contributed by atoms with Crippen LogP contribution in [0, 0.1) is 5.92 Å². The molecule has 1 saturated carbocycles. The molecule has 2 fully saturated rings. The van der Waals surface area contributed by atoms with Crippen molar-refractivity contribution in [1.29, 1.82) is 0 Å². The molecule has 2 nitrogen and oxygen atoms in total. The maximum absolute atomic E-state index is 4.93. The second-order valence-electron chi connectivity index (χ2n) is 6.64. The number of aliphatic imine (C=N–C) groups is 1. The summed E-state index contributed by atoms with van der Waals surface area (Å²) in [5.74, 6) is 2.67. The van der Waals surface area contributed by atoms with Crippen LogP contribution in [-0.4, -0.2) is 23.8 Å². The number of hydrogen-bond acceptors (Lipinski definition) is 3. The second-order valence-corrected chi connectivity index (χ2v) is 7.62. The SMILES string of the molecule is C1=C(C2CCCCC2)CC(c2cccs2)C(N2CCC2)=N1. The summed E-state index contributed by atoms with van der Waals surface area (Å²) in [5.41, 5.74) is 1.62. The lowest BCUT2D eigenvalue weighted by Crippen LogP contribution is -2.45. The molecule has 3 aliphatic rings. The molecular formula is C18H24N2S. The maximum atomic E-state index is 4.93. The first-order valence-electron chi connectivity index (χ1n) is 8.47. The van der Waals surface area contributed by atoms with Crippen LogP contribution in [-0.2, 0) is 0 Å². The Kier molecular flexibility index (Phi) is 3.85. The standard InChI is InChI=1S/C18H24N2S/c1-2-6-14(7-3-1)15-12-16(17-8-4-11-21-17)18(19-13-15)20-9-5-10-20/h4,8,11,13-14,16H,1-3,5-7,9-10,12H2. The van der Waals surface area contributed by atoms with Crippen molar-refractivity contribution in [2.75, 3.05) is 13.1 Å². The summed E-state index contributed by atoms with van der Waals surface area (Å²) in [5, 5.41) is 2.21. The van der Waals surface area contributed by atoms with Crippen molar-refractivity contribution in [1.82, 2.24) is 4.90 Å². The Morgan fingerprint density at radius 2 is 1.95 bits per heavy atom. The number of likely N-dealkylation sites (tertiary alicyclic amines) is 1. The van der Waals surface area contributed by atoms with Crippen LogP contribution >= 0.6 is 11.3 Å². The highest BCUT2D eigenvalue weighted by Gasteiger charge is 2.32. The zero-order valence-corrected chi connectivity index (χ0v) is 13.4. The molecule has 1 aliphatic carbocycles. The number of hydrogen-bond donors (Lipinski definition) is 0. The fourth-order valence-corrected chi connectivity index (χ4v) is 4.75. The van der Waals surface area contributed by atoms with Crippen molar-refractivity contribution in [3.05, 3.63) is 34.2 Å². The van der Waals surface area contributed by atoms with Gasteiger partial charge in [-0.25, -0.2) is 4.99 Å². The van der Waals surface area contributed by atoms with Gasteiger partial charge in [0.25, 0.3) is 0 Å². The summed E-state index contributed by atoms with van der Waals surface area (Å²) in [7, 11) is 0. The number of rotatable bonds is 2. The van der Waals surface area contributed by atoms with Crippen LogP contribution in [0.3, 0.4) is 0 Å². The van der Waals surface area contributed by atoms with E-state index >= 15 is 0 Å². The molecule has 1 atom stereocenters. The van der Waals surface area contributed by atoms with Crippen molar-refractivity contribution in [2.24, 2.45) is 10.9 Å². The largest absolute Gasteiger partial charge is 0.359 e. The van der Waals surface area contributed by atoms with E-state index in [1.807, 2.05) is 11.3 Å². The lowest BCUT2D eigenvalue weighted by Gasteiger charge is -2.39. The second kappa shape index (κ2) is 5.96. The van der Waals surface area contributed by atoms with Crippen molar-refractivity contribution < 1.29 is 0 Å². The fourth-order valence-electron chi connectivity index (χ4n) is 3.93. The predicted molar refractivity (Wildman–Crippen MR) is 90.0 cm³/mol. The van der Waals surface area contributed by atoms with Crippen LogP contribution in [0.5, 0.6) is 0 Å². The van der Waals surface area contributed by atoms with Crippen molar-refractivity contribution in [3.8, 4) is 0 Å². The summed E-state index contributed by atoms with van der Waals surface area (Å²) in [6.45, 7) is 2.40. The smallest absolute Gasteiger partial charge is 0.113 e. The lowest BCUT2D eigenvalue weighted by molar-refractivity contribution is 0.288. The summed E-state index contributed by atoms with van der Waals surface area (Å²) in [4.78, 5) is 8.92. The molecule has 0 radical (unpaired) electrons. The normalized spacial score (nSPS) is 27.0. The topological polar surface area (TPSA) is 15.6 Å². The van der Waals surface area contributed by atoms with Gasteiger partial charge in [-0.1, -0.05) is 25.3 Å². The number of thiophene rings is 1. The summed E-state index contributed by atoms with van der Waals surface area (Å²) < 4.78 is 0. The third-order valence-corrected chi connectivity index (χ3v) is 6.30. The molecule has 1 aromatic heterocycles. The monoisotopic (exact) mass is 300 g/mol. The lowest BCUT2D eigenvalue weighted by atomic mass is 9.79. The number of amidine groups is 1. The molecule has 0 amide bonds. The summed E-state index contributed by atoms with van der Waals surface area (Å²) in [6.07, 6.45) is 11.8. The highest BCUT2D eigenvalue weighted by Crippen LogP contribution is 2.40. The van der Waals surface area contributed by atoms with Gasteiger partial charge in [0, 0.05) is 24.2 Å². The van der Waals surface area contributed by atoms with E-state index in [9.17, 15) is 0 Å². The number of nitrogens with zero attached hydrogens (tertiary/aromatic N) is 2. The molecule has 21 heavy (non-hydrogen) atoms. The molecule has 1 saturated heterocycles. The van der Waals surface area contributed by atoms with E-state index in [2.05, 4.69) is 28.6 Å². The third-order valence-electron chi connectivity index (χ3n) is 5.31. The highest BCUT2D eigenvalue weighted by molar-refractivity contribution is 7.10. The molecule has 2 aliphatic heterocycles. The van der Waals surface area contributed by atoms with E-state index in [0.29, 0.717) is 5.92 Å². The molecule has 4 rings (SSSR count). The Morgan fingerprint density at radius 3 is 2.62 bits per heavy atom. The molecular weight excluding hydrogens is 276 g/mol. The van der Waals surface area contributed by atoms with Crippen LogP contribution in [0.1, 0.15) is 55.7 Å². The molecule has 0 spiro atoms. The molecule has 112 valence electrons. The van der Waals surface area contributed by atoms with Gasteiger partial charge in [0.05, 0.1) is 5.92 Å². The van der Waals surface area contributed by atoms with E-state index in [0.717, 1.165) is 5.92 Å². The van der Waals surface area contributed by atoms with Gasteiger partial charge in [0.1, 0.15) is 5.84 Å². The van der Waals surface area contributed by atoms with Crippen molar-refractivity contribution in [3.63, 3.8) is 0 Å². The Balaban J connectivity index is 1.60. The van der Waals surface area contributed by atoms with E-state index < -0.39 is 0 Å². The Bertz CT molecular complexity index is 534.